The SMILES string of the molecule is O=C(NC1C2CC3CC1CC(O)(C3)C2)c1cnc(N2CCS(=O)CC2)nc1C1CC1. The van der Waals surface area contributed by atoms with Gasteiger partial charge in [0.15, 0.2) is 0 Å². The third-order valence-electron chi connectivity index (χ3n) is 8.01. The van der Waals surface area contributed by atoms with Crippen molar-refractivity contribution in [3.63, 3.8) is 0 Å². The monoisotopic (exact) mass is 430 g/mol. The first-order chi connectivity index (χ1) is 14.5. The highest BCUT2D eigenvalue weighted by Gasteiger charge is 2.55. The Morgan fingerprint density at radius 2 is 1.87 bits per heavy atom. The van der Waals surface area contributed by atoms with Gasteiger partial charge in [-0.2, -0.15) is 0 Å². The normalized spacial score (nSPS) is 38.1. The van der Waals surface area contributed by atoms with Crippen LogP contribution in [0, 0.1) is 17.8 Å². The fourth-order valence-corrected chi connectivity index (χ4v) is 7.72. The molecule has 30 heavy (non-hydrogen) atoms. The Hall–Kier alpha value is -1.54. The summed E-state index contributed by atoms with van der Waals surface area (Å²) in [5, 5.41) is 14.2. The molecule has 1 aromatic rings. The molecule has 4 bridgehead atoms. The number of hydrogen-bond donors (Lipinski definition) is 2. The van der Waals surface area contributed by atoms with Gasteiger partial charge in [-0.05, 0) is 62.7 Å². The molecule has 2 unspecified atom stereocenters. The van der Waals surface area contributed by atoms with E-state index in [1.807, 2.05) is 0 Å². The Morgan fingerprint density at radius 1 is 1.17 bits per heavy atom. The second-order valence-corrected chi connectivity index (χ2v) is 12.0. The Bertz CT molecular complexity index is 878. The fraction of sp³-hybridized carbons (Fsp3) is 0.773. The van der Waals surface area contributed by atoms with Gasteiger partial charge < -0.3 is 15.3 Å². The largest absolute Gasteiger partial charge is 0.390 e. The van der Waals surface area contributed by atoms with Gasteiger partial charge in [0.1, 0.15) is 0 Å². The number of nitrogens with one attached hydrogen (secondary N) is 1. The molecule has 1 aliphatic heterocycles. The maximum atomic E-state index is 13.3. The molecule has 5 saturated carbocycles. The van der Waals surface area contributed by atoms with Crippen molar-refractivity contribution >= 4 is 22.7 Å². The highest BCUT2D eigenvalue weighted by Crippen LogP contribution is 2.55. The van der Waals surface area contributed by atoms with Crippen molar-refractivity contribution in [2.45, 2.75) is 62.5 Å². The van der Waals surface area contributed by atoms with Crippen LogP contribution in [0.25, 0.3) is 0 Å². The number of aliphatic hydroxyl groups is 1. The minimum atomic E-state index is -0.737. The molecule has 0 aromatic carbocycles. The summed E-state index contributed by atoms with van der Waals surface area (Å²) in [6, 6.07) is 0.165. The second kappa shape index (κ2) is 6.99. The van der Waals surface area contributed by atoms with E-state index in [1.54, 1.807) is 6.20 Å². The molecule has 2 heterocycles. The molecule has 5 aliphatic carbocycles. The van der Waals surface area contributed by atoms with Gasteiger partial charge >= 0.3 is 0 Å². The predicted octanol–water partition coefficient (Wildman–Crippen LogP) is 1.59. The van der Waals surface area contributed by atoms with Crippen LogP contribution in [-0.4, -0.2) is 61.4 Å². The van der Waals surface area contributed by atoms with Gasteiger partial charge in [-0.25, -0.2) is 9.97 Å². The third-order valence-corrected chi connectivity index (χ3v) is 9.29. The van der Waals surface area contributed by atoms with E-state index in [-0.39, 0.29) is 11.9 Å². The third kappa shape index (κ3) is 3.36. The van der Waals surface area contributed by atoms with Crippen molar-refractivity contribution in [1.82, 2.24) is 15.3 Å². The van der Waals surface area contributed by atoms with Gasteiger partial charge in [0, 0.05) is 53.6 Å². The molecule has 6 aliphatic rings. The predicted molar refractivity (Wildman–Crippen MR) is 114 cm³/mol. The molecule has 7 nitrogen and oxygen atoms in total. The van der Waals surface area contributed by atoms with Crippen molar-refractivity contribution in [1.29, 1.82) is 0 Å². The summed E-state index contributed by atoms with van der Waals surface area (Å²) in [5.41, 5.74) is 1.01. The average Bonchev–Trinajstić information content (AvgIpc) is 3.55. The summed E-state index contributed by atoms with van der Waals surface area (Å²) in [7, 11) is -0.737. The lowest BCUT2D eigenvalue weighted by molar-refractivity contribution is -0.136. The molecule has 2 atom stereocenters. The lowest BCUT2D eigenvalue weighted by atomic mass is 9.52. The van der Waals surface area contributed by atoms with Gasteiger partial charge in [-0.1, -0.05) is 0 Å². The van der Waals surface area contributed by atoms with Gasteiger partial charge in [-0.15, -0.1) is 0 Å². The Labute approximate surface area is 179 Å². The summed E-state index contributed by atoms with van der Waals surface area (Å²) < 4.78 is 11.7. The zero-order chi connectivity index (χ0) is 20.5. The quantitative estimate of drug-likeness (QED) is 0.753. The Kier molecular flexibility index (Phi) is 4.46. The molecule has 2 N–H and O–H groups in total. The topological polar surface area (TPSA) is 95.4 Å². The number of hydrogen-bond acceptors (Lipinski definition) is 6. The molecule has 162 valence electrons. The van der Waals surface area contributed by atoms with E-state index in [0.717, 1.165) is 50.6 Å². The Balaban J connectivity index is 1.22. The number of nitrogens with zero attached hydrogens (tertiary/aromatic N) is 3. The van der Waals surface area contributed by atoms with E-state index in [4.69, 9.17) is 4.98 Å². The van der Waals surface area contributed by atoms with Crippen molar-refractivity contribution in [3.05, 3.63) is 17.5 Å². The highest BCUT2D eigenvalue weighted by molar-refractivity contribution is 7.85. The lowest BCUT2D eigenvalue weighted by Crippen LogP contribution is -2.61. The standard InChI is InChI=1S/C22H30N4O3S/c27-20(24-18-15-7-13-8-16(18)11-22(28,9-13)10-15)17-12-23-21(25-19(17)14-1-2-14)26-3-5-30(29)6-4-26/h12-16,18,28H,1-11H2,(H,24,27). The molecule has 7 rings (SSSR count). The van der Waals surface area contributed by atoms with Crippen molar-refractivity contribution in [2.24, 2.45) is 17.8 Å². The molecule has 1 aromatic heterocycles. The summed E-state index contributed by atoms with van der Waals surface area (Å²) in [5.74, 6) is 3.70. The van der Waals surface area contributed by atoms with Crippen molar-refractivity contribution in [3.8, 4) is 0 Å². The van der Waals surface area contributed by atoms with Gasteiger partial charge in [0.25, 0.3) is 5.91 Å². The molecule has 0 spiro atoms. The van der Waals surface area contributed by atoms with Gasteiger partial charge in [-0.3, -0.25) is 9.00 Å². The average molecular weight is 431 g/mol. The van der Waals surface area contributed by atoms with Crippen LogP contribution in [0.3, 0.4) is 0 Å². The summed E-state index contributed by atoms with van der Waals surface area (Å²) in [6.45, 7) is 1.41. The van der Waals surface area contributed by atoms with E-state index in [1.165, 1.54) is 0 Å². The van der Waals surface area contributed by atoms with Crippen LogP contribution in [0.4, 0.5) is 5.95 Å². The minimum absolute atomic E-state index is 0.0485. The van der Waals surface area contributed by atoms with Crippen LogP contribution < -0.4 is 10.2 Å². The first-order valence-electron chi connectivity index (χ1n) is 11.5. The number of anilines is 1. The highest BCUT2D eigenvalue weighted by atomic mass is 32.2. The first-order valence-corrected chi connectivity index (χ1v) is 13.0. The molecule has 1 saturated heterocycles. The van der Waals surface area contributed by atoms with Crippen LogP contribution in [0.2, 0.25) is 0 Å². The van der Waals surface area contributed by atoms with Crippen LogP contribution in [0.1, 0.15) is 66.9 Å². The van der Waals surface area contributed by atoms with Gasteiger partial charge in [0.2, 0.25) is 5.95 Å². The number of amides is 1. The second-order valence-electron chi connectivity index (χ2n) is 10.3. The van der Waals surface area contributed by atoms with Gasteiger partial charge in [0.05, 0.1) is 16.9 Å². The number of carbonyl (C=O) groups is 1. The first kappa shape index (κ1) is 19.2. The summed E-state index contributed by atoms with van der Waals surface area (Å²) in [6.07, 6.45) is 8.72. The van der Waals surface area contributed by atoms with Crippen LogP contribution in [0.5, 0.6) is 0 Å². The van der Waals surface area contributed by atoms with Crippen molar-refractivity contribution in [2.75, 3.05) is 29.5 Å². The van der Waals surface area contributed by atoms with E-state index >= 15 is 0 Å². The summed E-state index contributed by atoms with van der Waals surface area (Å²) >= 11 is 0. The molecule has 1 amide bonds. The van der Waals surface area contributed by atoms with E-state index in [9.17, 15) is 14.1 Å². The summed E-state index contributed by atoms with van der Waals surface area (Å²) in [4.78, 5) is 24.7. The molecule has 0 radical (unpaired) electrons. The zero-order valence-corrected chi connectivity index (χ0v) is 18.1. The number of rotatable bonds is 4. The molecular weight excluding hydrogens is 400 g/mol. The van der Waals surface area contributed by atoms with Crippen LogP contribution >= 0.6 is 0 Å². The van der Waals surface area contributed by atoms with E-state index < -0.39 is 16.4 Å². The minimum Gasteiger partial charge on any atom is -0.390 e. The van der Waals surface area contributed by atoms with Crippen LogP contribution in [-0.2, 0) is 10.8 Å². The Morgan fingerprint density at radius 3 is 2.50 bits per heavy atom. The number of aromatic nitrogens is 2. The van der Waals surface area contributed by atoms with Crippen molar-refractivity contribution < 1.29 is 14.1 Å². The van der Waals surface area contributed by atoms with E-state index in [2.05, 4.69) is 15.2 Å². The zero-order valence-electron chi connectivity index (χ0n) is 17.3. The fourth-order valence-electron chi connectivity index (χ4n) is 6.66. The smallest absolute Gasteiger partial charge is 0.254 e. The van der Waals surface area contributed by atoms with Crippen LogP contribution in [0.15, 0.2) is 6.20 Å². The number of carbonyl (C=O) groups excluding carboxylic acids is 1. The maximum absolute atomic E-state index is 13.3. The lowest BCUT2D eigenvalue weighted by Gasteiger charge is -2.58. The van der Waals surface area contributed by atoms with E-state index in [0.29, 0.717) is 59.8 Å². The molecule has 8 heteroatoms. The maximum Gasteiger partial charge on any atom is 0.254 e. The molecular formula is C22H30N4O3S. The molecule has 6 fully saturated rings.